The molecule has 0 bridgehead atoms. The second-order valence-electron chi connectivity index (χ2n) is 4.78. The minimum atomic E-state index is 0.291. The Bertz CT molecular complexity index is 334. The summed E-state index contributed by atoms with van der Waals surface area (Å²) in [7, 11) is 0. The molecule has 0 saturated carbocycles. The van der Waals surface area contributed by atoms with Crippen LogP contribution in [0.25, 0.3) is 0 Å². The number of rotatable bonds is 2. The first-order valence-electron chi connectivity index (χ1n) is 5.98. The third-order valence-electron chi connectivity index (χ3n) is 3.56. The number of hydrogen-bond donors (Lipinski definition) is 3. The largest absolute Gasteiger partial charge is 0.326 e. The zero-order valence-electron chi connectivity index (χ0n) is 9.82. The fraction of sp³-hybridized carbons (Fsp3) is 0.538. The van der Waals surface area contributed by atoms with Crippen LogP contribution in [0.3, 0.4) is 0 Å². The van der Waals surface area contributed by atoms with E-state index in [9.17, 15) is 0 Å². The second-order valence-corrected chi connectivity index (χ2v) is 4.78. The summed E-state index contributed by atoms with van der Waals surface area (Å²) in [5.74, 6) is 0.584. The standard InChI is InChI=1S/C13H21N3/c1-9-6-13(16-8-12(9)15)11-4-2-10(7-14)3-5-11/h2-5,9,12-13,16H,6-8,14-15H2,1H3. The summed E-state index contributed by atoms with van der Waals surface area (Å²) in [5.41, 5.74) is 14.1. The number of nitrogens with one attached hydrogen (secondary N) is 1. The van der Waals surface area contributed by atoms with Crippen molar-refractivity contribution in [1.29, 1.82) is 0 Å². The highest BCUT2D eigenvalue weighted by Crippen LogP contribution is 2.26. The summed E-state index contributed by atoms with van der Waals surface area (Å²) in [6, 6.07) is 9.29. The van der Waals surface area contributed by atoms with Gasteiger partial charge in [0.15, 0.2) is 0 Å². The molecule has 0 amide bonds. The molecule has 5 N–H and O–H groups in total. The average Bonchev–Trinajstić information content (AvgIpc) is 2.33. The van der Waals surface area contributed by atoms with Gasteiger partial charge < -0.3 is 16.8 Å². The summed E-state index contributed by atoms with van der Waals surface area (Å²) in [6.45, 7) is 3.75. The van der Waals surface area contributed by atoms with Gasteiger partial charge >= 0.3 is 0 Å². The van der Waals surface area contributed by atoms with E-state index >= 15 is 0 Å². The molecule has 3 nitrogen and oxygen atoms in total. The van der Waals surface area contributed by atoms with Gasteiger partial charge in [-0.1, -0.05) is 31.2 Å². The van der Waals surface area contributed by atoms with Gasteiger partial charge in [0, 0.05) is 25.2 Å². The van der Waals surface area contributed by atoms with Crippen LogP contribution in [-0.4, -0.2) is 12.6 Å². The van der Waals surface area contributed by atoms with E-state index in [0.717, 1.165) is 13.0 Å². The summed E-state index contributed by atoms with van der Waals surface area (Å²) < 4.78 is 0. The first kappa shape index (κ1) is 11.6. The number of piperidine rings is 1. The molecule has 3 atom stereocenters. The maximum absolute atomic E-state index is 5.99. The highest BCUT2D eigenvalue weighted by molar-refractivity contribution is 5.25. The minimum Gasteiger partial charge on any atom is -0.326 e. The van der Waals surface area contributed by atoms with Crippen molar-refractivity contribution in [2.45, 2.75) is 32.0 Å². The van der Waals surface area contributed by atoms with E-state index in [1.54, 1.807) is 0 Å². The number of benzene rings is 1. The summed E-state index contributed by atoms with van der Waals surface area (Å²) in [4.78, 5) is 0. The Hall–Kier alpha value is -0.900. The normalized spacial score (nSPS) is 30.3. The monoisotopic (exact) mass is 219 g/mol. The zero-order valence-corrected chi connectivity index (χ0v) is 9.82. The molecule has 0 aromatic heterocycles. The molecule has 3 unspecified atom stereocenters. The first-order chi connectivity index (χ1) is 7.70. The molecule has 0 radical (unpaired) electrons. The van der Waals surface area contributed by atoms with Gasteiger partial charge in [-0.05, 0) is 23.5 Å². The first-order valence-corrected chi connectivity index (χ1v) is 5.98. The fourth-order valence-corrected chi connectivity index (χ4v) is 2.25. The van der Waals surface area contributed by atoms with Crippen LogP contribution in [0.2, 0.25) is 0 Å². The Morgan fingerprint density at radius 3 is 2.56 bits per heavy atom. The SMILES string of the molecule is CC1CC(c2ccc(CN)cc2)NCC1N. The van der Waals surface area contributed by atoms with E-state index in [4.69, 9.17) is 11.5 Å². The van der Waals surface area contributed by atoms with Crippen molar-refractivity contribution < 1.29 is 0 Å². The number of hydrogen-bond acceptors (Lipinski definition) is 3. The maximum atomic E-state index is 5.99. The van der Waals surface area contributed by atoms with Gasteiger partial charge in [-0.25, -0.2) is 0 Å². The van der Waals surface area contributed by atoms with Gasteiger partial charge in [-0.2, -0.15) is 0 Å². The van der Waals surface area contributed by atoms with Crippen LogP contribution in [0, 0.1) is 5.92 Å². The Kier molecular flexibility index (Phi) is 3.59. The molecule has 2 rings (SSSR count). The van der Waals surface area contributed by atoms with Crippen LogP contribution in [0.4, 0.5) is 0 Å². The zero-order chi connectivity index (χ0) is 11.5. The molecule has 1 aliphatic rings. The number of nitrogens with two attached hydrogens (primary N) is 2. The molecule has 1 saturated heterocycles. The van der Waals surface area contributed by atoms with Crippen LogP contribution in [0.1, 0.15) is 30.5 Å². The molecule has 1 aromatic carbocycles. The van der Waals surface area contributed by atoms with Gasteiger partial charge in [0.1, 0.15) is 0 Å². The van der Waals surface area contributed by atoms with Gasteiger partial charge in [0.05, 0.1) is 0 Å². The average molecular weight is 219 g/mol. The van der Waals surface area contributed by atoms with E-state index < -0.39 is 0 Å². The molecule has 1 heterocycles. The van der Waals surface area contributed by atoms with Gasteiger partial charge in [-0.3, -0.25) is 0 Å². The van der Waals surface area contributed by atoms with Crippen LogP contribution in [0.5, 0.6) is 0 Å². The van der Waals surface area contributed by atoms with Crippen molar-refractivity contribution in [3.63, 3.8) is 0 Å². The maximum Gasteiger partial charge on any atom is 0.0324 e. The lowest BCUT2D eigenvalue weighted by molar-refractivity contribution is 0.286. The second kappa shape index (κ2) is 4.95. The molecule has 1 aliphatic heterocycles. The third-order valence-corrected chi connectivity index (χ3v) is 3.56. The van der Waals surface area contributed by atoms with E-state index in [1.807, 2.05) is 0 Å². The quantitative estimate of drug-likeness (QED) is 0.699. The summed E-state index contributed by atoms with van der Waals surface area (Å²) in [6.07, 6.45) is 1.11. The van der Waals surface area contributed by atoms with Crippen molar-refractivity contribution in [1.82, 2.24) is 5.32 Å². The van der Waals surface area contributed by atoms with E-state index in [0.29, 0.717) is 24.5 Å². The predicted molar refractivity (Wildman–Crippen MR) is 66.8 cm³/mol. The summed E-state index contributed by atoms with van der Waals surface area (Å²) >= 11 is 0. The Morgan fingerprint density at radius 1 is 1.31 bits per heavy atom. The molecular formula is C13H21N3. The molecule has 88 valence electrons. The predicted octanol–water partition coefficient (Wildman–Crippen LogP) is 1.14. The smallest absolute Gasteiger partial charge is 0.0324 e. The van der Waals surface area contributed by atoms with Gasteiger partial charge in [-0.15, -0.1) is 0 Å². The van der Waals surface area contributed by atoms with Gasteiger partial charge in [0.25, 0.3) is 0 Å². The van der Waals surface area contributed by atoms with Crippen LogP contribution >= 0.6 is 0 Å². The van der Waals surface area contributed by atoms with E-state index in [1.165, 1.54) is 11.1 Å². The van der Waals surface area contributed by atoms with Crippen LogP contribution < -0.4 is 16.8 Å². The lowest BCUT2D eigenvalue weighted by Crippen LogP contribution is -2.46. The van der Waals surface area contributed by atoms with Crippen molar-refractivity contribution in [2.75, 3.05) is 6.54 Å². The van der Waals surface area contributed by atoms with Crippen molar-refractivity contribution in [3.05, 3.63) is 35.4 Å². The molecule has 16 heavy (non-hydrogen) atoms. The molecule has 1 fully saturated rings. The lowest BCUT2D eigenvalue weighted by atomic mass is 9.87. The highest BCUT2D eigenvalue weighted by Gasteiger charge is 2.25. The third kappa shape index (κ3) is 2.43. The van der Waals surface area contributed by atoms with Crippen molar-refractivity contribution in [3.8, 4) is 0 Å². The van der Waals surface area contributed by atoms with Gasteiger partial charge in [0.2, 0.25) is 0 Å². The van der Waals surface area contributed by atoms with Crippen molar-refractivity contribution >= 4 is 0 Å². The van der Waals surface area contributed by atoms with E-state index in [2.05, 4.69) is 36.5 Å². The molecule has 0 spiro atoms. The highest BCUT2D eigenvalue weighted by atomic mass is 15.0. The fourth-order valence-electron chi connectivity index (χ4n) is 2.25. The Balaban J connectivity index is 2.06. The Morgan fingerprint density at radius 2 is 2.00 bits per heavy atom. The molecular weight excluding hydrogens is 198 g/mol. The minimum absolute atomic E-state index is 0.291. The topological polar surface area (TPSA) is 64.1 Å². The summed E-state index contributed by atoms with van der Waals surface area (Å²) in [5, 5.41) is 3.50. The van der Waals surface area contributed by atoms with Crippen LogP contribution in [0.15, 0.2) is 24.3 Å². The van der Waals surface area contributed by atoms with Crippen molar-refractivity contribution in [2.24, 2.45) is 17.4 Å². The van der Waals surface area contributed by atoms with E-state index in [-0.39, 0.29) is 0 Å². The van der Waals surface area contributed by atoms with Crippen LogP contribution in [-0.2, 0) is 6.54 Å². The molecule has 3 heteroatoms. The molecule has 1 aromatic rings. The Labute approximate surface area is 97.2 Å². The molecule has 0 aliphatic carbocycles. The lowest BCUT2D eigenvalue weighted by Gasteiger charge is -2.33.